The molecule has 0 saturated carbocycles. The Balaban J connectivity index is 2.33. The number of rotatable bonds is 1. The van der Waals surface area contributed by atoms with E-state index < -0.39 is 9.84 Å². The summed E-state index contributed by atoms with van der Waals surface area (Å²) < 4.78 is 24.9. The lowest BCUT2D eigenvalue weighted by molar-refractivity contribution is 0.374. The molecular weight excluding hydrogens is 226 g/mol. The van der Waals surface area contributed by atoms with Crippen LogP contribution < -0.4 is 0 Å². The van der Waals surface area contributed by atoms with Gasteiger partial charge in [-0.25, -0.2) is 8.42 Å². The Morgan fingerprint density at radius 2 is 2.12 bits per heavy atom. The van der Waals surface area contributed by atoms with Crippen LogP contribution in [0.25, 0.3) is 0 Å². The quantitative estimate of drug-likeness (QED) is 0.736. The minimum absolute atomic E-state index is 0.00623. The molecule has 1 aromatic heterocycles. The molecule has 1 unspecified atom stereocenters. The van der Waals surface area contributed by atoms with E-state index in [4.69, 9.17) is 0 Å². The van der Waals surface area contributed by atoms with Crippen LogP contribution in [-0.2, 0) is 15.4 Å². The fourth-order valence-electron chi connectivity index (χ4n) is 2.04. The lowest BCUT2D eigenvalue weighted by Gasteiger charge is -2.23. The zero-order valence-corrected chi connectivity index (χ0v) is 10.7. The molecular formula is C10H17N3O2S. The summed E-state index contributed by atoms with van der Waals surface area (Å²) in [7, 11) is -2.86. The molecule has 0 bridgehead atoms. The zero-order valence-electron chi connectivity index (χ0n) is 9.84. The average molecular weight is 243 g/mol. The molecule has 2 rings (SSSR count). The van der Waals surface area contributed by atoms with Crippen LogP contribution in [0.4, 0.5) is 0 Å². The van der Waals surface area contributed by atoms with Gasteiger partial charge in [0.1, 0.15) is 12.2 Å². The number of sulfone groups is 1. The molecule has 0 N–H and O–H groups in total. The van der Waals surface area contributed by atoms with Crippen molar-refractivity contribution in [3.05, 3.63) is 12.2 Å². The maximum Gasteiger partial charge on any atom is 0.151 e. The second-order valence-corrected chi connectivity index (χ2v) is 7.56. The van der Waals surface area contributed by atoms with E-state index >= 15 is 0 Å². The molecule has 1 aliphatic rings. The van der Waals surface area contributed by atoms with Crippen LogP contribution in [0.5, 0.6) is 0 Å². The molecule has 1 aromatic rings. The third kappa shape index (κ3) is 2.11. The van der Waals surface area contributed by atoms with E-state index in [9.17, 15) is 8.42 Å². The number of nitrogens with zero attached hydrogens (tertiary/aromatic N) is 3. The van der Waals surface area contributed by atoms with Crippen LogP contribution in [0.15, 0.2) is 6.33 Å². The van der Waals surface area contributed by atoms with E-state index in [2.05, 4.69) is 31.0 Å². The summed E-state index contributed by atoms with van der Waals surface area (Å²) in [5, 5.41) is 7.98. The first kappa shape index (κ1) is 11.6. The van der Waals surface area contributed by atoms with Crippen molar-refractivity contribution in [2.24, 2.45) is 0 Å². The highest BCUT2D eigenvalue weighted by Gasteiger charge is 2.33. The Morgan fingerprint density at radius 1 is 1.44 bits per heavy atom. The van der Waals surface area contributed by atoms with Crippen LogP contribution >= 0.6 is 0 Å². The first-order valence-corrected chi connectivity index (χ1v) is 7.22. The summed E-state index contributed by atoms with van der Waals surface area (Å²) in [5.41, 5.74) is -0.106. The number of aromatic nitrogens is 3. The third-order valence-corrected chi connectivity index (χ3v) is 4.66. The molecule has 2 heterocycles. The van der Waals surface area contributed by atoms with Crippen LogP contribution in [0.1, 0.15) is 38.9 Å². The van der Waals surface area contributed by atoms with Crippen LogP contribution in [0.3, 0.4) is 0 Å². The monoisotopic (exact) mass is 243 g/mol. The second-order valence-electron chi connectivity index (χ2n) is 5.33. The largest absolute Gasteiger partial charge is 0.312 e. The minimum Gasteiger partial charge on any atom is -0.312 e. The Morgan fingerprint density at radius 3 is 2.62 bits per heavy atom. The van der Waals surface area contributed by atoms with E-state index in [-0.39, 0.29) is 23.0 Å². The predicted molar refractivity (Wildman–Crippen MR) is 61.0 cm³/mol. The third-order valence-electron chi connectivity index (χ3n) is 2.89. The predicted octanol–water partition coefficient (Wildman–Crippen LogP) is 0.935. The Kier molecular flexibility index (Phi) is 2.57. The van der Waals surface area contributed by atoms with Gasteiger partial charge < -0.3 is 4.57 Å². The van der Waals surface area contributed by atoms with E-state index in [0.29, 0.717) is 6.42 Å². The molecule has 0 amide bonds. The van der Waals surface area contributed by atoms with Gasteiger partial charge in [-0.05, 0) is 27.2 Å². The summed E-state index contributed by atoms with van der Waals surface area (Å²) in [4.78, 5) is 0. The Bertz CT molecular complexity index is 484. The molecule has 1 fully saturated rings. The molecule has 1 atom stereocenters. The van der Waals surface area contributed by atoms with Crippen molar-refractivity contribution in [2.45, 2.75) is 38.6 Å². The van der Waals surface area contributed by atoms with Crippen molar-refractivity contribution >= 4 is 9.84 Å². The molecule has 90 valence electrons. The SMILES string of the molecule is CC(C)(C)n1cnnc1C1CCS(=O)(=O)C1. The van der Waals surface area contributed by atoms with Crippen molar-refractivity contribution in [3.63, 3.8) is 0 Å². The first-order valence-electron chi connectivity index (χ1n) is 5.40. The number of hydrogen-bond acceptors (Lipinski definition) is 4. The summed E-state index contributed by atoms with van der Waals surface area (Å²) in [6.45, 7) is 6.18. The Labute approximate surface area is 95.8 Å². The highest BCUT2D eigenvalue weighted by molar-refractivity contribution is 7.91. The van der Waals surface area contributed by atoms with E-state index in [1.165, 1.54) is 0 Å². The van der Waals surface area contributed by atoms with Crippen molar-refractivity contribution < 1.29 is 8.42 Å². The van der Waals surface area contributed by atoms with Gasteiger partial charge in [-0.1, -0.05) is 0 Å². The number of hydrogen-bond donors (Lipinski definition) is 0. The summed E-state index contributed by atoms with van der Waals surface area (Å²) in [5.74, 6) is 1.29. The molecule has 5 nitrogen and oxygen atoms in total. The van der Waals surface area contributed by atoms with E-state index in [1.807, 2.05) is 4.57 Å². The van der Waals surface area contributed by atoms with Crippen molar-refractivity contribution in [1.29, 1.82) is 0 Å². The Hall–Kier alpha value is -0.910. The van der Waals surface area contributed by atoms with Gasteiger partial charge in [-0.2, -0.15) is 0 Å². The van der Waals surface area contributed by atoms with Crippen LogP contribution in [0, 0.1) is 0 Å². The molecule has 6 heteroatoms. The van der Waals surface area contributed by atoms with Crippen molar-refractivity contribution in [1.82, 2.24) is 14.8 Å². The van der Waals surface area contributed by atoms with Gasteiger partial charge in [0.15, 0.2) is 9.84 Å². The molecule has 16 heavy (non-hydrogen) atoms. The van der Waals surface area contributed by atoms with Crippen LogP contribution in [0.2, 0.25) is 0 Å². The van der Waals surface area contributed by atoms with Gasteiger partial charge in [-0.15, -0.1) is 10.2 Å². The maximum atomic E-state index is 11.4. The smallest absolute Gasteiger partial charge is 0.151 e. The molecule has 1 aliphatic heterocycles. The minimum atomic E-state index is -2.86. The first-order chi connectivity index (χ1) is 7.30. The van der Waals surface area contributed by atoms with E-state index in [1.54, 1.807) is 6.33 Å². The summed E-state index contributed by atoms with van der Waals surface area (Å²) in [6, 6.07) is 0. The lowest BCUT2D eigenvalue weighted by atomic mass is 10.0. The fraction of sp³-hybridized carbons (Fsp3) is 0.800. The fourth-order valence-corrected chi connectivity index (χ4v) is 3.78. The molecule has 0 aromatic carbocycles. The standard InChI is InChI=1S/C10H17N3O2S/c1-10(2,3)13-7-11-12-9(13)8-4-5-16(14,15)6-8/h7-8H,4-6H2,1-3H3. The average Bonchev–Trinajstić information content (AvgIpc) is 2.68. The van der Waals surface area contributed by atoms with Crippen LogP contribution in [-0.4, -0.2) is 34.7 Å². The van der Waals surface area contributed by atoms with Gasteiger partial charge in [0.25, 0.3) is 0 Å². The van der Waals surface area contributed by atoms with Crippen molar-refractivity contribution in [2.75, 3.05) is 11.5 Å². The maximum absolute atomic E-state index is 11.4. The van der Waals surface area contributed by atoms with E-state index in [0.717, 1.165) is 5.82 Å². The van der Waals surface area contributed by atoms with Gasteiger partial charge in [0, 0.05) is 11.5 Å². The topological polar surface area (TPSA) is 64.8 Å². The van der Waals surface area contributed by atoms with Gasteiger partial charge in [-0.3, -0.25) is 0 Å². The summed E-state index contributed by atoms with van der Waals surface area (Å²) in [6.07, 6.45) is 2.34. The lowest BCUT2D eigenvalue weighted by Crippen LogP contribution is -2.25. The molecule has 0 spiro atoms. The molecule has 0 aliphatic carbocycles. The molecule has 1 saturated heterocycles. The van der Waals surface area contributed by atoms with Crippen molar-refractivity contribution in [3.8, 4) is 0 Å². The van der Waals surface area contributed by atoms with Gasteiger partial charge in [0.05, 0.1) is 11.5 Å². The van der Waals surface area contributed by atoms with Gasteiger partial charge in [0.2, 0.25) is 0 Å². The second kappa shape index (κ2) is 3.55. The normalized spacial score (nSPS) is 24.8. The van der Waals surface area contributed by atoms with Gasteiger partial charge >= 0.3 is 0 Å². The zero-order chi connectivity index (χ0) is 12.0. The highest BCUT2D eigenvalue weighted by Crippen LogP contribution is 2.29. The highest BCUT2D eigenvalue weighted by atomic mass is 32.2. The molecule has 0 radical (unpaired) electrons. The summed E-state index contributed by atoms with van der Waals surface area (Å²) >= 11 is 0.